The van der Waals surface area contributed by atoms with Crippen LogP contribution in [0.2, 0.25) is 0 Å². The summed E-state index contributed by atoms with van der Waals surface area (Å²) in [6.07, 6.45) is -0.777. The van der Waals surface area contributed by atoms with Gasteiger partial charge in [-0.2, -0.15) is 0 Å². The highest BCUT2D eigenvalue weighted by Crippen LogP contribution is 2.17. The molecule has 0 aromatic rings. The van der Waals surface area contributed by atoms with E-state index in [9.17, 15) is 4.79 Å². The number of amides is 1. The van der Waals surface area contributed by atoms with Crippen LogP contribution in [-0.2, 0) is 4.74 Å². The molecule has 0 aromatic heterocycles. The van der Waals surface area contributed by atoms with Crippen molar-refractivity contribution in [2.24, 2.45) is 5.92 Å². The Morgan fingerprint density at radius 3 is 2.36 bits per heavy atom. The van der Waals surface area contributed by atoms with Crippen LogP contribution >= 0.6 is 0 Å². The Kier molecular flexibility index (Phi) is 1.85. The number of cyclic esters (lactones) is 1. The van der Waals surface area contributed by atoms with Crippen LogP contribution in [0.1, 0.15) is 13.8 Å². The van der Waals surface area contributed by atoms with Crippen molar-refractivity contribution in [2.75, 3.05) is 7.05 Å². The van der Waals surface area contributed by atoms with Gasteiger partial charge in [0.15, 0.2) is 6.10 Å². The molecule has 0 radical (unpaired) electrons. The molecule has 1 rings (SSSR count). The maximum absolute atomic E-state index is 10.9. The summed E-state index contributed by atoms with van der Waals surface area (Å²) < 4.78 is 4.91. The Bertz CT molecular complexity index is 201. The number of nitrogens with one attached hydrogen (secondary N) is 1. The Balaban J connectivity index is 2.75. The van der Waals surface area contributed by atoms with Gasteiger partial charge in [-0.15, -0.1) is 0 Å². The second kappa shape index (κ2) is 2.53. The van der Waals surface area contributed by atoms with Crippen molar-refractivity contribution < 1.29 is 9.53 Å². The minimum Gasteiger partial charge on any atom is -0.437 e. The first kappa shape index (κ1) is 8.04. The Morgan fingerprint density at radius 2 is 2.18 bits per heavy atom. The highest BCUT2D eigenvalue weighted by atomic mass is 16.6. The van der Waals surface area contributed by atoms with Crippen LogP contribution in [-0.4, -0.2) is 30.0 Å². The van der Waals surface area contributed by atoms with Crippen molar-refractivity contribution in [1.82, 2.24) is 4.90 Å². The molecule has 1 fully saturated rings. The van der Waals surface area contributed by atoms with Gasteiger partial charge >= 0.3 is 6.09 Å². The van der Waals surface area contributed by atoms with Gasteiger partial charge in [0.05, 0.1) is 0 Å². The standard InChI is InChI=1S/C7H12N2O2/c1-4(2)5-6(8)9(3)7(10)11-5/h4-5,8H,1-3H3. The Morgan fingerprint density at radius 1 is 1.64 bits per heavy atom. The summed E-state index contributed by atoms with van der Waals surface area (Å²) in [5.41, 5.74) is 0. The second-order valence-corrected chi connectivity index (χ2v) is 2.99. The van der Waals surface area contributed by atoms with E-state index in [1.54, 1.807) is 7.05 Å². The molecule has 1 atom stereocenters. The maximum atomic E-state index is 10.9. The first-order chi connectivity index (χ1) is 5.04. The number of nitrogens with zero attached hydrogens (tertiary/aromatic N) is 1. The van der Waals surface area contributed by atoms with Crippen molar-refractivity contribution in [3.05, 3.63) is 0 Å². The zero-order valence-corrected chi connectivity index (χ0v) is 6.92. The van der Waals surface area contributed by atoms with Gasteiger partial charge < -0.3 is 4.74 Å². The highest BCUT2D eigenvalue weighted by molar-refractivity contribution is 6.01. The number of carbonyl (C=O) groups is 1. The average Bonchev–Trinajstić information content (AvgIpc) is 2.17. The summed E-state index contributed by atoms with van der Waals surface area (Å²) in [6, 6.07) is 0. The van der Waals surface area contributed by atoms with Crippen LogP contribution in [0.4, 0.5) is 4.79 Å². The van der Waals surface area contributed by atoms with Crippen LogP contribution < -0.4 is 0 Å². The normalized spacial score (nSPS) is 24.7. The fourth-order valence-corrected chi connectivity index (χ4v) is 0.985. The van der Waals surface area contributed by atoms with Gasteiger partial charge in [-0.05, 0) is 5.92 Å². The lowest BCUT2D eigenvalue weighted by atomic mass is 10.1. The molecule has 62 valence electrons. The number of hydrogen-bond donors (Lipinski definition) is 1. The summed E-state index contributed by atoms with van der Waals surface area (Å²) in [7, 11) is 1.55. The minimum absolute atomic E-state index is 0.177. The van der Waals surface area contributed by atoms with E-state index < -0.39 is 6.09 Å². The zero-order valence-electron chi connectivity index (χ0n) is 6.92. The first-order valence-electron chi connectivity index (χ1n) is 3.57. The summed E-state index contributed by atoms with van der Waals surface area (Å²) in [5, 5.41) is 7.45. The molecule has 1 aliphatic rings. The fourth-order valence-electron chi connectivity index (χ4n) is 0.985. The summed E-state index contributed by atoms with van der Waals surface area (Å²) >= 11 is 0. The van der Waals surface area contributed by atoms with E-state index in [4.69, 9.17) is 10.1 Å². The van der Waals surface area contributed by atoms with Gasteiger partial charge in [-0.25, -0.2) is 4.79 Å². The monoisotopic (exact) mass is 156 g/mol. The van der Waals surface area contributed by atoms with Gasteiger partial charge in [-0.1, -0.05) is 13.8 Å². The van der Waals surface area contributed by atoms with E-state index >= 15 is 0 Å². The van der Waals surface area contributed by atoms with Crippen molar-refractivity contribution in [3.63, 3.8) is 0 Å². The molecule has 0 saturated carbocycles. The number of carbonyl (C=O) groups excluding carboxylic acids is 1. The molecule has 1 unspecified atom stereocenters. The van der Waals surface area contributed by atoms with E-state index in [2.05, 4.69) is 0 Å². The minimum atomic E-state index is -0.422. The SMILES string of the molecule is CC(C)C1OC(=O)N(C)C1=N. The Labute approximate surface area is 65.6 Å². The molecule has 4 heteroatoms. The van der Waals surface area contributed by atoms with E-state index in [0.717, 1.165) is 0 Å². The van der Waals surface area contributed by atoms with E-state index in [0.29, 0.717) is 0 Å². The third kappa shape index (κ3) is 1.20. The highest BCUT2D eigenvalue weighted by Gasteiger charge is 2.36. The van der Waals surface area contributed by atoms with Crippen molar-refractivity contribution in [2.45, 2.75) is 20.0 Å². The number of amidine groups is 1. The van der Waals surface area contributed by atoms with Gasteiger partial charge in [0.2, 0.25) is 0 Å². The molecule has 1 N–H and O–H groups in total. The van der Waals surface area contributed by atoms with Crippen molar-refractivity contribution in [1.29, 1.82) is 5.41 Å². The third-order valence-corrected chi connectivity index (χ3v) is 1.74. The van der Waals surface area contributed by atoms with Crippen LogP contribution in [0.25, 0.3) is 0 Å². The van der Waals surface area contributed by atoms with Crippen LogP contribution in [0.5, 0.6) is 0 Å². The van der Waals surface area contributed by atoms with Crippen molar-refractivity contribution >= 4 is 11.9 Å². The van der Waals surface area contributed by atoms with Crippen LogP contribution in [0.3, 0.4) is 0 Å². The smallest absolute Gasteiger partial charge is 0.415 e. The Hall–Kier alpha value is -1.06. The summed E-state index contributed by atoms with van der Waals surface area (Å²) in [5.74, 6) is 0.432. The molecule has 0 bridgehead atoms. The fraction of sp³-hybridized carbons (Fsp3) is 0.714. The summed E-state index contributed by atoms with van der Waals surface area (Å²) in [4.78, 5) is 12.1. The summed E-state index contributed by atoms with van der Waals surface area (Å²) in [6.45, 7) is 3.84. The van der Waals surface area contributed by atoms with Crippen LogP contribution in [0, 0.1) is 11.3 Å². The van der Waals surface area contributed by atoms with E-state index in [1.165, 1.54) is 4.90 Å². The average molecular weight is 156 g/mol. The molecule has 1 saturated heterocycles. The molecular weight excluding hydrogens is 144 g/mol. The van der Waals surface area contributed by atoms with Crippen molar-refractivity contribution in [3.8, 4) is 0 Å². The molecule has 0 aromatic carbocycles. The predicted octanol–water partition coefficient (Wildman–Crippen LogP) is 1.07. The van der Waals surface area contributed by atoms with E-state index in [-0.39, 0.29) is 17.9 Å². The van der Waals surface area contributed by atoms with Gasteiger partial charge in [0, 0.05) is 7.05 Å². The molecule has 0 aliphatic carbocycles. The molecule has 1 aliphatic heterocycles. The number of likely N-dealkylation sites (N-methyl/N-ethyl adjacent to an activating group) is 1. The molecule has 1 heterocycles. The number of hydrogen-bond acceptors (Lipinski definition) is 3. The molecular formula is C7H12N2O2. The maximum Gasteiger partial charge on any atom is 0.415 e. The topological polar surface area (TPSA) is 53.4 Å². The predicted molar refractivity (Wildman–Crippen MR) is 40.6 cm³/mol. The lowest BCUT2D eigenvalue weighted by Gasteiger charge is -2.11. The van der Waals surface area contributed by atoms with Gasteiger partial charge in [0.1, 0.15) is 5.84 Å². The van der Waals surface area contributed by atoms with Gasteiger partial charge in [0.25, 0.3) is 0 Å². The van der Waals surface area contributed by atoms with Crippen LogP contribution in [0.15, 0.2) is 0 Å². The van der Waals surface area contributed by atoms with E-state index in [1.807, 2.05) is 13.8 Å². The zero-order chi connectivity index (χ0) is 8.59. The molecule has 4 nitrogen and oxygen atoms in total. The largest absolute Gasteiger partial charge is 0.437 e. The molecule has 0 spiro atoms. The lowest BCUT2D eigenvalue weighted by Crippen LogP contribution is -2.29. The first-order valence-corrected chi connectivity index (χ1v) is 3.57. The number of ether oxygens (including phenoxy) is 1. The molecule has 1 amide bonds. The van der Waals surface area contributed by atoms with Gasteiger partial charge in [-0.3, -0.25) is 10.3 Å². The second-order valence-electron chi connectivity index (χ2n) is 2.99. The number of rotatable bonds is 1. The third-order valence-electron chi connectivity index (χ3n) is 1.74. The lowest BCUT2D eigenvalue weighted by molar-refractivity contribution is 0.120. The molecule has 11 heavy (non-hydrogen) atoms. The quantitative estimate of drug-likeness (QED) is 0.617.